The van der Waals surface area contributed by atoms with E-state index in [9.17, 15) is 0 Å². The molecule has 114 valence electrons. The predicted molar refractivity (Wildman–Crippen MR) is 88.2 cm³/mol. The van der Waals surface area contributed by atoms with E-state index in [1.54, 1.807) is 17.4 Å². The number of ether oxygens (including phenoxy) is 1. The first kappa shape index (κ1) is 16.2. The van der Waals surface area contributed by atoms with Gasteiger partial charge in [-0.2, -0.15) is 0 Å². The highest BCUT2D eigenvalue weighted by Crippen LogP contribution is 2.28. The van der Waals surface area contributed by atoms with Gasteiger partial charge in [0.1, 0.15) is 17.6 Å². The Morgan fingerprint density at radius 3 is 2.71 bits per heavy atom. The van der Waals surface area contributed by atoms with E-state index in [0.29, 0.717) is 24.2 Å². The first-order valence-corrected chi connectivity index (χ1v) is 8.13. The van der Waals surface area contributed by atoms with Crippen molar-refractivity contribution in [1.82, 2.24) is 9.97 Å². The van der Waals surface area contributed by atoms with E-state index >= 15 is 0 Å². The predicted octanol–water partition coefficient (Wildman–Crippen LogP) is 4.52. The second-order valence-electron chi connectivity index (χ2n) is 4.86. The molecule has 0 aromatic carbocycles. The molecule has 4 nitrogen and oxygen atoms in total. The summed E-state index contributed by atoms with van der Waals surface area (Å²) in [5.74, 6) is 1.32. The van der Waals surface area contributed by atoms with E-state index < -0.39 is 0 Å². The fraction of sp³-hybridized carbons (Fsp3) is 0.467. The molecular formula is C15H20ClN3OS. The summed E-state index contributed by atoms with van der Waals surface area (Å²) in [6.07, 6.45) is 0. The number of aryl methyl sites for hydroxylation is 2. The lowest BCUT2D eigenvalue weighted by atomic mass is 10.1. The van der Waals surface area contributed by atoms with Gasteiger partial charge in [0.15, 0.2) is 5.82 Å². The maximum atomic E-state index is 6.05. The Labute approximate surface area is 134 Å². The molecule has 0 spiro atoms. The molecule has 0 bridgehead atoms. The van der Waals surface area contributed by atoms with Crippen LogP contribution in [-0.4, -0.2) is 16.6 Å². The molecule has 1 N–H and O–H groups in total. The quantitative estimate of drug-likeness (QED) is 0.793. The van der Waals surface area contributed by atoms with Crippen LogP contribution in [-0.2, 0) is 11.3 Å². The number of anilines is 1. The number of nitrogens with one attached hydrogen (secondary N) is 1. The van der Waals surface area contributed by atoms with Crippen LogP contribution >= 0.6 is 22.9 Å². The van der Waals surface area contributed by atoms with Gasteiger partial charge in [-0.3, -0.25) is 0 Å². The maximum absolute atomic E-state index is 6.05. The third-order valence-corrected chi connectivity index (χ3v) is 4.26. The van der Waals surface area contributed by atoms with Crippen LogP contribution in [0.2, 0.25) is 5.15 Å². The van der Waals surface area contributed by atoms with Gasteiger partial charge in [0.05, 0.1) is 6.04 Å². The van der Waals surface area contributed by atoms with Crippen molar-refractivity contribution in [2.24, 2.45) is 0 Å². The molecule has 1 atom stereocenters. The number of nitrogens with zero attached hydrogens (tertiary/aromatic N) is 2. The zero-order valence-electron chi connectivity index (χ0n) is 12.7. The number of hydrogen-bond acceptors (Lipinski definition) is 5. The van der Waals surface area contributed by atoms with Crippen LogP contribution in [0.5, 0.6) is 0 Å². The molecule has 0 amide bonds. The molecule has 0 radical (unpaired) electrons. The largest absolute Gasteiger partial charge is 0.374 e. The van der Waals surface area contributed by atoms with Gasteiger partial charge < -0.3 is 10.1 Å². The molecular weight excluding hydrogens is 306 g/mol. The van der Waals surface area contributed by atoms with E-state index in [1.165, 1.54) is 15.3 Å². The fourth-order valence-corrected chi connectivity index (χ4v) is 3.40. The molecule has 0 saturated carbocycles. The standard InChI is InChI=1S/C15H20ClN3OS/c1-5-20-8-15-18-13(16)7-14(19-15)17-10(3)12-6-9(2)21-11(12)4/h6-7,10H,5,8H2,1-4H3,(H,17,18,19). The van der Waals surface area contributed by atoms with Crippen molar-refractivity contribution >= 4 is 28.8 Å². The van der Waals surface area contributed by atoms with Crippen molar-refractivity contribution in [3.05, 3.63) is 38.4 Å². The average molecular weight is 326 g/mol. The Bertz CT molecular complexity index is 615. The minimum atomic E-state index is 0.167. The summed E-state index contributed by atoms with van der Waals surface area (Å²) < 4.78 is 5.33. The van der Waals surface area contributed by atoms with Crippen LogP contribution < -0.4 is 5.32 Å². The van der Waals surface area contributed by atoms with E-state index in [0.717, 1.165) is 5.82 Å². The molecule has 0 fully saturated rings. The van der Waals surface area contributed by atoms with E-state index in [-0.39, 0.29) is 6.04 Å². The van der Waals surface area contributed by atoms with Crippen molar-refractivity contribution in [3.8, 4) is 0 Å². The van der Waals surface area contributed by atoms with E-state index in [1.807, 2.05) is 6.92 Å². The lowest BCUT2D eigenvalue weighted by Gasteiger charge is -2.15. The van der Waals surface area contributed by atoms with Crippen LogP contribution in [0.3, 0.4) is 0 Å². The van der Waals surface area contributed by atoms with Crippen LogP contribution in [0, 0.1) is 13.8 Å². The smallest absolute Gasteiger partial charge is 0.158 e. The molecule has 2 heterocycles. The third kappa shape index (κ3) is 4.40. The molecule has 0 aliphatic heterocycles. The van der Waals surface area contributed by atoms with Gasteiger partial charge in [0.2, 0.25) is 0 Å². The lowest BCUT2D eigenvalue weighted by Crippen LogP contribution is -2.10. The maximum Gasteiger partial charge on any atom is 0.158 e. The Balaban J connectivity index is 2.14. The molecule has 2 rings (SSSR count). The van der Waals surface area contributed by atoms with Gasteiger partial charge in [-0.05, 0) is 39.3 Å². The summed E-state index contributed by atoms with van der Waals surface area (Å²) in [5.41, 5.74) is 1.29. The Hall–Kier alpha value is -1.17. The Morgan fingerprint density at radius 2 is 2.10 bits per heavy atom. The van der Waals surface area contributed by atoms with Crippen molar-refractivity contribution in [3.63, 3.8) is 0 Å². The van der Waals surface area contributed by atoms with Gasteiger partial charge in [0.25, 0.3) is 0 Å². The first-order chi connectivity index (χ1) is 9.99. The molecule has 0 saturated heterocycles. The Kier molecular flexibility index (Phi) is 5.56. The minimum absolute atomic E-state index is 0.167. The monoisotopic (exact) mass is 325 g/mol. The van der Waals surface area contributed by atoms with Crippen LogP contribution in [0.25, 0.3) is 0 Å². The van der Waals surface area contributed by atoms with Crippen molar-refractivity contribution in [2.45, 2.75) is 40.3 Å². The number of rotatable bonds is 6. The van der Waals surface area contributed by atoms with Crippen LogP contribution in [0.1, 0.15) is 41.0 Å². The first-order valence-electron chi connectivity index (χ1n) is 6.94. The third-order valence-electron chi connectivity index (χ3n) is 3.09. The minimum Gasteiger partial charge on any atom is -0.374 e. The van der Waals surface area contributed by atoms with Gasteiger partial charge in [0, 0.05) is 22.4 Å². The highest BCUT2D eigenvalue weighted by atomic mass is 35.5. The van der Waals surface area contributed by atoms with Crippen molar-refractivity contribution < 1.29 is 4.74 Å². The van der Waals surface area contributed by atoms with Crippen LogP contribution in [0.4, 0.5) is 5.82 Å². The molecule has 1 unspecified atom stereocenters. The molecule has 0 aliphatic rings. The van der Waals surface area contributed by atoms with Gasteiger partial charge in [-0.15, -0.1) is 11.3 Å². The summed E-state index contributed by atoms with van der Waals surface area (Å²) in [6.45, 7) is 9.31. The topological polar surface area (TPSA) is 47.0 Å². The average Bonchev–Trinajstić information content (AvgIpc) is 2.75. The summed E-state index contributed by atoms with van der Waals surface area (Å²) in [5, 5.41) is 3.81. The number of halogens is 1. The highest BCUT2D eigenvalue weighted by Gasteiger charge is 2.13. The van der Waals surface area contributed by atoms with Gasteiger partial charge in [-0.1, -0.05) is 11.6 Å². The zero-order chi connectivity index (χ0) is 15.4. The summed E-state index contributed by atoms with van der Waals surface area (Å²) in [4.78, 5) is 11.2. The Morgan fingerprint density at radius 1 is 1.33 bits per heavy atom. The lowest BCUT2D eigenvalue weighted by molar-refractivity contribution is 0.128. The normalized spacial score (nSPS) is 12.4. The summed E-state index contributed by atoms with van der Waals surface area (Å²) in [7, 11) is 0. The molecule has 2 aromatic heterocycles. The zero-order valence-corrected chi connectivity index (χ0v) is 14.3. The molecule has 21 heavy (non-hydrogen) atoms. The van der Waals surface area contributed by atoms with Crippen molar-refractivity contribution in [2.75, 3.05) is 11.9 Å². The number of aromatic nitrogens is 2. The molecule has 0 aliphatic carbocycles. The second kappa shape index (κ2) is 7.20. The summed E-state index contributed by atoms with van der Waals surface area (Å²) in [6, 6.07) is 4.12. The SMILES string of the molecule is CCOCc1nc(Cl)cc(NC(C)c2cc(C)sc2C)n1. The molecule has 6 heteroatoms. The number of hydrogen-bond donors (Lipinski definition) is 1. The van der Waals surface area contributed by atoms with Crippen LogP contribution in [0.15, 0.2) is 12.1 Å². The highest BCUT2D eigenvalue weighted by molar-refractivity contribution is 7.12. The summed E-state index contributed by atoms with van der Waals surface area (Å²) >= 11 is 7.86. The fourth-order valence-electron chi connectivity index (χ4n) is 2.18. The van der Waals surface area contributed by atoms with Gasteiger partial charge >= 0.3 is 0 Å². The van der Waals surface area contributed by atoms with Crippen molar-refractivity contribution in [1.29, 1.82) is 0 Å². The molecule has 2 aromatic rings. The second-order valence-corrected chi connectivity index (χ2v) is 6.71. The number of thiophene rings is 1. The van der Waals surface area contributed by atoms with E-state index in [2.05, 4.69) is 42.1 Å². The van der Waals surface area contributed by atoms with Gasteiger partial charge in [-0.25, -0.2) is 9.97 Å². The van der Waals surface area contributed by atoms with E-state index in [4.69, 9.17) is 16.3 Å².